The number of ketones is 1. The van der Waals surface area contributed by atoms with E-state index in [0.717, 1.165) is 16.8 Å². The minimum atomic E-state index is -1.02. The van der Waals surface area contributed by atoms with E-state index in [4.69, 9.17) is 4.74 Å². The van der Waals surface area contributed by atoms with E-state index in [0.29, 0.717) is 55.0 Å². The summed E-state index contributed by atoms with van der Waals surface area (Å²) >= 11 is 0. The van der Waals surface area contributed by atoms with E-state index in [2.05, 4.69) is 5.32 Å². The Bertz CT molecular complexity index is 1740. The van der Waals surface area contributed by atoms with Crippen LogP contribution >= 0.6 is 0 Å². The number of aliphatic carboxylic acids is 1. The SMILES string of the molecule is O=C(c1ccccc1)c1ccccc1N[C@@H](Cc1ccc(OCCCN(C(=O)CCc2ccccc2)c2ccccc2)cc1)C(=O)O. The molecule has 238 valence electrons. The fraction of sp³-hybridized carbons (Fsp3) is 0.175. The summed E-state index contributed by atoms with van der Waals surface area (Å²) in [5.41, 5.74) is 4.22. The first kappa shape index (κ1) is 32.7. The number of carbonyl (C=O) groups is 3. The average molecular weight is 627 g/mol. The molecule has 2 N–H and O–H groups in total. The average Bonchev–Trinajstić information content (AvgIpc) is 3.12. The van der Waals surface area contributed by atoms with Crippen LogP contribution in [0.25, 0.3) is 0 Å². The normalized spacial score (nSPS) is 11.3. The number of ether oxygens (including phenoxy) is 1. The predicted octanol–water partition coefficient (Wildman–Crippen LogP) is 7.46. The number of benzene rings is 5. The van der Waals surface area contributed by atoms with E-state index in [9.17, 15) is 19.5 Å². The van der Waals surface area contributed by atoms with Crippen LogP contribution in [-0.2, 0) is 22.4 Å². The molecule has 0 fully saturated rings. The van der Waals surface area contributed by atoms with E-state index in [1.54, 1.807) is 48.5 Å². The van der Waals surface area contributed by atoms with Gasteiger partial charge in [0.1, 0.15) is 11.8 Å². The molecular formula is C40H38N2O5. The van der Waals surface area contributed by atoms with E-state index in [1.807, 2.05) is 95.9 Å². The van der Waals surface area contributed by atoms with E-state index in [-0.39, 0.29) is 18.1 Å². The number of amides is 1. The van der Waals surface area contributed by atoms with E-state index < -0.39 is 12.0 Å². The number of rotatable bonds is 16. The lowest BCUT2D eigenvalue weighted by molar-refractivity contribution is -0.137. The second kappa shape index (κ2) is 16.6. The molecule has 0 unspecified atom stereocenters. The summed E-state index contributed by atoms with van der Waals surface area (Å²) in [6, 6.07) is 41.9. The van der Waals surface area contributed by atoms with Crippen LogP contribution in [0.1, 0.15) is 39.9 Å². The van der Waals surface area contributed by atoms with Crippen LogP contribution in [0.15, 0.2) is 140 Å². The third-order valence-electron chi connectivity index (χ3n) is 7.83. The van der Waals surface area contributed by atoms with Gasteiger partial charge in [0.2, 0.25) is 5.91 Å². The standard InChI is InChI=1S/C40H38N2O5/c43-38(26-23-30-13-4-1-5-14-30)42(33-17-8-3-9-18-33)27-12-28-47-34-24-21-31(22-25-34)29-37(40(45)46)41-36-20-11-10-19-35(36)39(44)32-15-6-2-7-16-32/h1-11,13-22,24-25,37,41H,12,23,26-29H2,(H,45,46)/t37-/m0/s1. The zero-order valence-electron chi connectivity index (χ0n) is 26.1. The van der Waals surface area contributed by atoms with Crippen molar-refractivity contribution in [2.24, 2.45) is 0 Å². The van der Waals surface area contributed by atoms with Crippen molar-refractivity contribution < 1.29 is 24.2 Å². The highest BCUT2D eigenvalue weighted by atomic mass is 16.5. The molecule has 1 amide bonds. The molecule has 0 radical (unpaired) electrons. The number of carbonyl (C=O) groups excluding carboxylic acids is 2. The first-order chi connectivity index (χ1) is 23.0. The van der Waals surface area contributed by atoms with Crippen molar-refractivity contribution in [2.45, 2.75) is 31.7 Å². The number of para-hydroxylation sites is 2. The summed E-state index contributed by atoms with van der Waals surface area (Å²) in [4.78, 5) is 40.4. The molecule has 0 aromatic heterocycles. The molecular weight excluding hydrogens is 588 g/mol. The van der Waals surface area contributed by atoms with Crippen LogP contribution in [0.2, 0.25) is 0 Å². The van der Waals surface area contributed by atoms with Crippen molar-refractivity contribution in [3.8, 4) is 5.75 Å². The lowest BCUT2D eigenvalue weighted by Gasteiger charge is -2.23. The summed E-state index contributed by atoms with van der Waals surface area (Å²) in [6.07, 6.45) is 1.95. The van der Waals surface area contributed by atoms with Gasteiger partial charge in [-0.15, -0.1) is 0 Å². The monoisotopic (exact) mass is 626 g/mol. The molecule has 0 aliphatic carbocycles. The third kappa shape index (κ3) is 9.41. The second-order valence-electron chi connectivity index (χ2n) is 11.2. The second-order valence-corrected chi connectivity index (χ2v) is 11.2. The van der Waals surface area contributed by atoms with Gasteiger partial charge in [-0.3, -0.25) is 9.59 Å². The highest BCUT2D eigenvalue weighted by molar-refractivity contribution is 6.12. The van der Waals surface area contributed by atoms with Crippen molar-refractivity contribution in [1.29, 1.82) is 0 Å². The van der Waals surface area contributed by atoms with Gasteiger partial charge in [-0.05, 0) is 60.4 Å². The van der Waals surface area contributed by atoms with Gasteiger partial charge >= 0.3 is 5.97 Å². The summed E-state index contributed by atoms with van der Waals surface area (Å²) in [7, 11) is 0. The number of aryl methyl sites for hydroxylation is 1. The van der Waals surface area contributed by atoms with Gasteiger partial charge in [0.15, 0.2) is 5.78 Å². The maximum absolute atomic E-state index is 13.2. The summed E-state index contributed by atoms with van der Waals surface area (Å²) < 4.78 is 5.98. The molecule has 5 aromatic carbocycles. The van der Waals surface area contributed by atoms with Gasteiger partial charge < -0.3 is 20.1 Å². The van der Waals surface area contributed by atoms with Crippen molar-refractivity contribution in [3.05, 3.63) is 162 Å². The minimum absolute atomic E-state index is 0.0676. The molecule has 0 aliphatic rings. The van der Waals surface area contributed by atoms with Gasteiger partial charge in [-0.2, -0.15) is 0 Å². The van der Waals surface area contributed by atoms with Crippen LogP contribution in [0, 0.1) is 0 Å². The van der Waals surface area contributed by atoms with Crippen LogP contribution in [0.4, 0.5) is 11.4 Å². The topological polar surface area (TPSA) is 95.9 Å². The Kier molecular flexibility index (Phi) is 11.5. The molecule has 0 bridgehead atoms. The minimum Gasteiger partial charge on any atom is -0.494 e. The molecule has 7 heteroatoms. The number of hydrogen-bond acceptors (Lipinski definition) is 5. The number of carboxylic acid groups (broad SMARTS) is 1. The molecule has 5 rings (SSSR count). The quantitative estimate of drug-likeness (QED) is 0.0872. The summed E-state index contributed by atoms with van der Waals surface area (Å²) in [5, 5.41) is 13.1. The molecule has 0 spiro atoms. The smallest absolute Gasteiger partial charge is 0.326 e. The Labute approximate surface area is 275 Å². The molecule has 0 aliphatic heterocycles. The first-order valence-corrected chi connectivity index (χ1v) is 15.8. The van der Waals surface area contributed by atoms with Gasteiger partial charge in [0.05, 0.1) is 6.61 Å². The summed E-state index contributed by atoms with van der Waals surface area (Å²) in [5.74, 6) is -0.469. The van der Waals surface area contributed by atoms with E-state index >= 15 is 0 Å². The van der Waals surface area contributed by atoms with Crippen LogP contribution < -0.4 is 15.0 Å². The largest absolute Gasteiger partial charge is 0.494 e. The Morgan fingerprint density at radius 2 is 1.32 bits per heavy atom. The lowest BCUT2D eigenvalue weighted by atomic mass is 10.00. The Balaban J connectivity index is 1.15. The number of nitrogens with zero attached hydrogens (tertiary/aromatic N) is 1. The molecule has 0 saturated heterocycles. The lowest BCUT2D eigenvalue weighted by Crippen LogP contribution is -2.32. The molecule has 0 heterocycles. The number of carboxylic acids is 1. The van der Waals surface area contributed by atoms with Crippen molar-refractivity contribution in [1.82, 2.24) is 0 Å². The van der Waals surface area contributed by atoms with Crippen molar-refractivity contribution in [2.75, 3.05) is 23.4 Å². The highest BCUT2D eigenvalue weighted by Gasteiger charge is 2.21. The van der Waals surface area contributed by atoms with Crippen molar-refractivity contribution in [3.63, 3.8) is 0 Å². The van der Waals surface area contributed by atoms with Crippen LogP contribution in [0.5, 0.6) is 5.75 Å². The van der Waals surface area contributed by atoms with Gasteiger partial charge in [-0.25, -0.2) is 4.79 Å². The zero-order valence-corrected chi connectivity index (χ0v) is 26.1. The Morgan fingerprint density at radius 3 is 2.00 bits per heavy atom. The predicted molar refractivity (Wildman–Crippen MR) is 185 cm³/mol. The third-order valence-corrected chi connectivity index (χ3v) is 7.83. The Morgan fingerprint density at radius 1 is 0.702 bits per heavy atom. The number of anilines is 2. The van der Waals surface area contributed by atoms with Crippen LogP contribution in [-0.4, -0.2) is 42.0 Å². The summed E-state index contributed by atoms with van der Waals surface area (Å²) in [6.45, 7) is 0.941. The van der Waals surface area contributed by atoms with Gasteiger partial charge in [0, 0.05) is 41.9 Å². The zero-order chi connectivity index (χ0) is 32.8. The number of nitrogens with one attached hydrogen (secondary N) is 1. The molecule has 1 atom stereocenters. The molecule has 47 heavy (non-hydrogen) atoms. The first-order valence-electron chi connectivity index (χ1n) is 15.8. The molecule has 5 aromatic rings. The van der Waals surface area contributed by atoms with Crippen LogP contribution in [0.3, 0.4) is 0 Å². The Hall–Kier alpha value is -5.69. The molecule has 7 nitrogen and oxygen atoms in total. The molecule has 0 saturated carbocycles. The van der Waals surface area contributed by atoms with Gasteiger partial charge in [0.25, 0.3) is 0 Å². The number of hydrogen-bond donors (Lipinski definition) is 2. The maximum Gasteiger partial charge on any atom is 0.326 e. The highest BCUT2D eigenvalue weighted by Crippen LogP contribution is 2.22. The fourth-order valence-corrected chi connectivity index (χ4v) is 5.35. The van der Waals surface area contributed by atoms with E-state index in [1.165, 1.54) is 0 Å². The fourth-order valence-electron chi connectivity index (χ4n) is 5.35. The van der Waals surface area contributed by atoms with Crippen molar-refractivity contribution >= 4 is 29.0 Å². The van der Waals surface area contributed by atoms with Gasteiger partial charge in [-0.1, -0.05) is 103 Å². The maximum atomic E-state index is 13.2.